The van der Waals surface area contributed by atoms with E-state index < -0.39 is 89.1 Å². The minimum atomic E-state index is -4.70. The smallest absolute Gasteiger partial charge is 0.416 e. The number of carbonyl (C=O) groups is 3. The molecular formula is C24H18F7N3O6. The minimum absolute atomic E-state index is 0.101. The summed E-state index contributed by atoms with van der Waals surface area (Å²) in [6, 6.07) is -1.26. The van der Waals surface area contributed by atoms with Crippen LogP contribution in [0.2, 0.25) is 0 Å². The molecule has 0 radical (unpaired) electrons. The Bertz CT molecular complexity index is 1510. The molecular weight excluding hydrogens is 559 g/mol. The first kappa shape index (κ1) is 30.0. The van der Waals surface area contributed by atoms with Crippen molar-refractivity contribution in [3.63, 3.8) is 0 Å². The fraction of sp³-hybridized carbons (Fsp3) is 0.292. The molecule has 0 aliphatic heterocycles. The van der Waals surface area contributed by atoms with E-state index in [0.717, 1.165) is 17.0 Å². The molecule has 9 nitrogen and oxygen atoms in total. The summed E-state index contributed by atoms with van der Waals surface area (Å²) in [4.78, 5) is 53.5. The van der Waals surface area contributed by atoms with E-state index in [9.17, 15) is 49.9 Å². The number of carboxylic acid groups (broad SMARTS) is 1. The lowest BCUT2D eigenvalue weighted by atomic mass is 10.1. The highest BCUT2D eigenvalue weighted by atomic mass is 19.4. The number of carbonyl (C=O) groups excluding carboxylic acids is 2. The highest BCUT2D eigenvalue weighted by molar-refractivity contribution is 5.93. The van der Waals surface area contributed by atoms with Crippen LogP contribution in [0.1, 0.15) is 31.4 Å². The van der Waals surface area contributed by atoms with E-state index >= 15 is 0 Å². The Morgan fingerprint density at radius 1 is 1.07 bits per heavy atom. The van der Waals surface area contributed by atoms with Crippen LogP contribution >= 0.6 is 0 Å². The first-order valence-electron chi connectivity index (χ1n) is 11.2. The van der Waals surface area contributed by atoms with E-state index in [-0.39, 0.29) is 23.4 Å². The number of alkyl halides is 3. The second-order valence-corrected chi connectivity index (χ2v) is 8.32. The maximum Gasteiger partial charge on any atom is 0.416 e. The van der Waals surface area contributed by atoms with Crippen molar-refractivity contribution in [1.82, 2.24) is 14.9 Å². The number of ether oxygens (including phenoxy) is 1. The molecule has 1 unspecified atom stereocenters. The van der Waals surface area contributed by atoms with Gasteiger partial charge in [0, 0.05) is 6.07 Å². The summed E-state index contributed by atoms with van der Waals surface area (Å²) in [5, 5.41) is 10.9. The number of benzene rings is 2. The molecule has 2 N–H and O–H groups in total. The van der Waals surface area contributed by atoms with Crippen LogP contribution in [-0.4, -0.2) is 45.0 Å². The Kier molecular flexibility index (Phi) is 8.80. The third kappa shape index (κ3) is 6.38. The van der Waals surface area contributed by atoms with Gasteiger partial charge in [0.2, 0.25) is 17.5 Å². The largest absolute Gasteiger partial charge is 0.481 e. The van der Waals surface area contributed by atoms with Gasteiger partial charge < -0.3 is 15.2 Å². The lowest BCUT2D eigenvalue weighted by molar-refractivity contribution is -0.141. The summed E-state index contributed by atoms with van der Waals surface area (Å²) in [6.07, 6.45) is -5.09. The van der Waals surface area contributed by atoms with Gasteiger partial charge in [0.15, 0.2) is 23.2 Å². The lowest BCUT2D eigenvalue weighted by Gasteiger charge is -2.22. The lowest BCUT2D eigenvalue weighted by Crippen LogP contribution is -2.48. The van der Waals surface area contributed by atoms with Gasteiger partial charge in [-0.2, -0.15) is 22.0 Å². The van der Waals surface area contributed by atoms with Gasteiger partial charge in [-0.15, -0.1) is 0 Å². The van der Waals surface area contributed by atoms with Gasteiger partial charge in [-0.1, -0.05) is 6.92 Å². The molecule has 2 aromatic carbocycles. The predicted molar refractivity (Wildman–Crippen MR) is 121 cm³/mol. The highest BCUT2D eigenvalue weighted by Crippen LogP contribution is 2.30. The zero-order valence-corrected chi connectivity index (χ0v) is 20.2. The summed E-state index contributed by atoms with van der Waals surface area (Å²) >= 11 is 0. The molecule has 3 aromatic rings. The normalized spacial score (nSPS) is 13.1. The number of nitrogens with one attached hydrogen (secondary N) is 1. The van der Waals surface area contributed by atoms with Crippen LogP contribution in [0.3, 0.4) is 0 Å². The van der Waals surface area contributed by atoms with Crippen LogP contribution < -0.4 is 15.6 Å². The Hall–Kier alpha value is -4.50. The number of Topliss-reactive ketones (excluding diaryl/α,β-unsaturated/α-hetero) is 1. The van der Waals surface area contributed by atoms with Crippen molar-refractivity contribution >= 4 is 28.6 Å². The second kappa shape index (κ2) is 11.7. The average molecular weight is 577 g/mol. The van der Waals surface area contributed by atoms with Gasteiger partial charge in [-0.25, -0.2) is 13.8 Å². The number of hydrogen-bond acceptors (Lipinski definition) is 6. The second-order valence-electron chi connectivity index (χ2n) is 8.32. The number of amides is 1. The van der Waals surface area contributed by atoms with Gasteiger partial charge in [-0.3, -0.25) is 23.7 Å². The monoisotopic (exact) mass is 577 g/mol. The third-order valence-corrected chi connectivity index (χ3v) is 5.65. The van der Waals surface area contributed by atoms with E-state index in [1.165, 1.54) is 6.92 Å². The van der Waals surface area contributed by atoms with Crippen molar-refractivity contribution in [2.45, 2.75) is 38.0 Å². The molecule has 0 saturated heterocycles. The first-order valence-corrected chi connectivity index (χ1v) is 11.2. The number of hydrogen-bond donors (Lipinski definition) is 2. The van der Waals surface area contributed by atoms with Crippen molar-refractivity contribution in [2.75, 3.05) is 6.61 Å². The zero-order valence-electron chi connectivity index (χ0n) is 20.2. The maximum atomic E-state index is 13.8. The Morgan fingerprint density at radius 3 is 2.25 bits per heavy atom. The van der Waals surface area contributed by atoms with Gasteiger partial charge in [0.25, 0.3) is 5.56 Å². The van der Waals surface area contributed by atoms with Crippen LogP contribution in [0.15, 0.2) is 35.4 Å². The number of halogens is 7. The van der Waals surface area contributed by atoms with Gasteiger partial charge >= 0.3 is 12.1 Å². The molecule has 0 bridgehead atoms. The van der Waals surface area contributed by atoms with E-state index in [1.54, 1.807) is 0 Å². The molecule has 16 heteroatoms. The standard InChI is InChI=1S/C24H18F7N3O6/c1-2-16(34-9-32-14-5-10(24(29,30)31)3-4-11(14)23(34)39)22(38)33-15(7-18(36)37)17(35)8-40-21-19(27)12(25)6-13(26)20(21)28/h3-6,9,15-16H,2,7-8H2,1H3,(H,33,38)(H,36,37)/t15-,16?/m0/s1. The van der Waals surface area contributed by atoms with Crippen LogP contribution in [0.5, 0.6) is 5.75 Å². The fourth-order valence-corrected chi connectivity index (χ4v) is 3.65. The molecule has 1 aromatic heterocycles. The molecule has 0 fully saturated rings. The fourth-order valence-electron chi connectivity index (χ4n) is 3.65. The van der Waals surface area contributed by atoms with E-state index in [0.29, 0.717) is 12.1 Å². The molecule has 3 rings (SSSR count). The van der Waals surface area contributed by atoms with E-state index in [1.807, 2.05) is 0 Å². The zero-order chi connectivity index (χ0) is 29.9. The van der Waals surface area contributed by atoms with Crippen molar-refractivity contribution in [3.05, 3.63) is 69.8 Å². The first-order chi connectivity index (χ1) is 18.6. The van der Waals surface area contributed by atoms with Crippen molar-refractivity contribution < 1.29 is 55.0 Å². The molecule has 1 amide bonds. The summed E-state index contributed by atoms with van der Waals surface area (Å²) in [7, 11) is 0. The number of carboxylic acids is 1. The molecule has 0 spiro atoms. The van der Waals surface area contributed by atoms with E-state index in [4.69, 9.17) is 5.11 Å². The van der Waals surface area contributed by atoms with Gasteiger partial charge in [0.05, 0.1) is 29.2 Å². The number of ketones is 1. The quantitative estimate of drug-likeness (QED) is 0.279. The maximum absolute atomic E-state index is 13.8. The predicted octanol–water partition coefficient (Wildman–Crippen LogP) is 3.53. The molecule has 0 saturated carbocycles. The number of aromatic nitrogens is 2. The summed E-state index contributed by atoms with van der Waals surface area (Å²) in [5.41, 5.74) is -2.28. The summed E-state index contributed by atoms with van der Waals surface area (Å²) < 4.78 is 98.6. The topological polar surface area (TPSA) is 128 Å². The molecule has 2 atom stereocenters. The SMILES string of the molecule is CCC(C(=O)N[C@@H](CC(=O)O)C(=O)COc1c(F)c(F)cc(F)c1F)n1cnc2cc(C(F)(F)F)ccc2c1=O. The van der Waals surface area contributed by atoms with Crippen LogP contribution in [0, 0.1) is 23.3 Å². The van der Waals surface area contributed by atoms with Crippen molar-refractivity contribution in [2.24, 2.45) is 0 Å². The summed E-state index contributed by atoms with van der Waals surface area (Å²) in [5.74, 6) is -13.1. The number of rotatable bonds is 10. The van der Waals surface area contributed by atoms with Crippen LogP contribution in [-0.2, 0) is 20.6 Å². The Morgan fingerprint density at radius 2 is 1.70 bits per heavy atom. The molecule has 40 heavy (non-hydrogen) atoms. The Labute approximate surface area is 219 Å². The molecule has 214 valence electrons. The van der Waals surface area contributed by atoms with Crippen LogP contribution in [0.25, 0.3) is 10.9 Å². The van der Waals surface area contributed by atoms with Crippen molar-refractivity contribution in [1.29, 1.82) is 0 Å². The number of nitrogens with zero attached hydrogens (tertiary/aromatic N) is 2. The van der Waals surface area contributed by atoms with Crippen molar-refractivity contribution in [3.8, 4) is 5.75 Å². The van der Waals surface area contributed by atoms with Gasteiger partial charge in [0.1, 0.15) is 18.7 Å². The molecule has 0 aliphatic rings. The highest BCUT2D eigenvalue weighted by Gasteiger charge is 2.32. The van der Waals surface area contributed by atoms with E-state index in [2.05, 4.69) is 15.0 Å². The third-order valence-electron chi connectivity index (χ3n) is 5.65. The van der Waals surface area contributed by atoms with Gasteiger partial charge in [-0.05, 0) is 24.6 Å². The number of fused-ring (bicyclic) bond motifs is 1. The Balaban J connectivity index is 1.85. The summed E-state index contributed by atoms with van der Waals surface area (Å²) in [6.45, 7) is 0.111. The minimum Gasteiger partial charge on any atom is -0.481 e. The molecule has 1 heterocycles. The van der Waals surface area contributed by atoms with Crippen LogP contribution in [0.4, 0.5) is 30.7 Å². The number of aliphatic carboxylic acids is 1. The molecule has 0 aliphatic carbocycles. The average Bonchev–Trinajstić information content (AvgIpc) is 2.87.